The number of aromatic nitrogens is 2. The van der Waals surface area contributed by atoms with Gasteiger partial charge >= 0.3 is 0 Å². The molecular weight excluding hydrogens is 203 g/mol. The van der Waals surface area contributed by atoms with E-state index in [-0.39, 0.29) is 5.02 Å². The second-order valence-corrected chi connectivity index (χ2v) is 3.41. The highest BCUT2D eigenvalue weighted by atomic mass is 35.5. The van der Waals surface area contributed by atoms with Gasteiger partial charge in [0.15, 0.2) is 0 Å². The molecule has 0 bridgehead atoms. The Hall–Kier alpha value is -1.35. The average Bonchev–Trinajstić information content (AvgIpc) is 2.57. The summed E-state index contributed by atoms with van der Waals surface area (Å²) < 4.78 is 14.7. The Labute approximate surface area is 85.9 Å². The molecule has 0 atom stereocenters. The van der Waals surface area contributed by atoms with E-state index >= 15 is 0 Å². The Bertz CT molecular complexity index is 465. The van der Waals surface area contributed by atoms with Crippen molar-refractivity contribution in [3.05, 3.63) is 47.0 Å². The minimum atomic E-state index is -0.433. The van der Waals surface area contributed by atoms with Gasteiger partial charge in [0.1, 0.15) is 5.82 Å². The van der Waals surface area contributed by atoms with Gasteiger partial charge in [-0.05, 0) is 25.1 Å². The molecule has 0 unspecified atom stereocenters. The number of halogens is 2. The van der Waals surface area contributed by atoms with Crippen LogP contribution in [-0.4, -0.2) is 9.78 Å². The van der Waals surface area contributed by atoms with E-state index in [1.165, 1.54) is 12.1 Å². The number of nitrogens with zero attached hydrogens (tertiary/aromatic N) is 2. The topological polar surface area (TPSA) is 17.8 Å². The molecule has 72 valence electrons. The van der Waals surface area contributed by atoms with Crippen LogP contribution in [0.15, 0.2) is 30.5 Å². The number of rotatable bonds is 1. The van der Waals surface area contributed by atoms with E-state index < -0.39 is 5.82 Å². The lowest BCUT2D eigenvalue weighted by atomic mass is 10.3. The van der Waals surface area contributed by atoms with Gasteiger partial charge in [0.2, 0.25) is 0 Å². The van der Waals surface area contributed by atoms with E-state index in [1.54, 1.807) is 16.9 Å². The molecule has 0 spiro atoms. The fraction of sp³-hybridized carbons (Fsp3) is 0.100. The van der Waals surface area contributed by atoms with Gasteiger partial charge in [0.05, 0.1) is 16.4 Å². The summed E-state index contributed by atoms with van der Waals surface area (Å²) in [6, 6.07) is 6.45. The van der Waals surface area contributed by atoms with Crippen molar-refractivity contribution >= 4 is 11.6 Å². The first-order chi connectivity index (χ1) is 6.66. The van der Waals surface area contributed by atoms with Gasteiger partial charge in [-0.3, -0.25) is 0 Å². The zero-order valence-corrected chi connectivity index (χ0v) is 8.29. The molecule has 2 nitrogen and oxygen atoms in total. The summed E-state index contributed by atoms with van der Waals surface area (Å²) in [6.07, 6.45) is 1.78. The van der Waals surface area contributed by atoms with Crippen molar-refractivity contribution < 1.29 is 4.39 Å². The Kier molecular flexibility index (Phi) is 2.25. The number of hydrogen-bond donors (Lipinski definition) is 0. The molecule has 0 aliphatic heterocycles. The number of hydrogen-bond acceptors (Lipinski definition) is 1. The Morgan fingerprint density at radius 2 is 2.14 bits per heavy atom. The van der Waals surface area contributed by atoms with Gasteiger partial charge in [0, 0.05) is 12.3 Å². The van der Waals surface area contributed by atoms with E-state index in [9.17, 15) is 4.39 Å². The molecule has 1 aromatic carbocycles. The minimum absolute atomic E-state index is 0.123. The average molecular weight is 211 g/mol. The Balaban J connectivity index is 2.47. The molecule has 4 heteroatoms. The molecule has 0 saturated heterocycles. The van der Waals surface area contributed by atoms with E-state index in [0.29, 0.717) is 5.69 Å². The molecule has 14 heavy (non-hydrogen) atoms. The van der Waals surface area contributed by atoms with Crippen molar-refractivity contribution in [2.75, 3.05) is 0 Å². The van der Waals surface area contributed by atoms with Crippen molar-refractivity contribution in [2.24, 2.45) is 0 Å². The molecule has 0 aliphatic carbocycles. The highest BCUT2D eigenvalue weighted by Crippen LogP contribution is 2.17. The van der Waals surface area contributed by atoms with Crippen LogP contribution in [0.25, 0.3) is 5.69 Å². The molecule has 2 aromatic rings. The van der Waals surface area contributed by atoms with Crippen LogP contribution in [-0.2, 0) is 0 Å². The summed E-state index contributed by atoms with van der Waals surface area (Å²) in [5, 5.41) is 4.28. The van der Waals surface area contributed by atoms with Crippen LogP contribution < -0.4 is 0 Å². The maximum absolute atomic E-state index is 13.1. The lowest BCUT2D eigenvalue weighted by Crippen LogP contribution is -1.95. The fourth-order valence-corrected chi connectivity index (χ4v) is 1.30. The first kappa shape index (κ1) is 9.21. The van der Waals surface area contributed by atoms with Gasteiger partial charge in [0.25, 0.3) is 0 Å². The highest BCUT2D eigenvalue weighted by molar-refractivity contribution is 6.30. The molecule has 2 rings (SSSR count). The Morgan fingerprint density at radius 3 is 2.71 bits per heavy atom. The third-order valence-corrected chi connectivity index (χ3v) is 2.20. The zero-order chi connectivity index (χ0) is 10.1. The molecule has 0 N–H and O–H groups in total. The molecule has 0 aliphatic rings. The van der Waals surface area contributed by atoms with Gasteiger partial charge in [-0.1, -0.05) is 11.6 Å². The van der Waals surface area contributed by atoms with E-state index in [2.05, 4.69) is 5.10 Å². The summed E-state index contributed by atoms with van der Waals surface area (Å²) in [6.45, 7) is 1.88. The number of aryl methyl sites for hydroxylation is 1. The largest absolute Gasteiger partial charge is 0.241 e. The first-order valence-corrected chi connectivity index (χ1v) is 4.52. The first-order valence-electron chi connectivity index (χ1n) is 4.14. The van der Waals surface area contributed by atoms with E-state index in [0.717, 1.165) is 5.69 Å². The monoisotopic (exact) mass is 210 g/mol. The third kappa shape index (κ3) is 1.63. The molecule has 0 fully saturated rings. The van der Waals surface area contributed by atoms with Crippen LogP contribution in [0.3, 0.4) is 0 Å². The van der Waals surface area contributed by atoms with Crippen molar-refractivity contribution in [3.8, 4) is 5.69 Å². The van der Waals surface area contributed by atoms with Crippen LogP contribution in [0.2, 0.25) is 5.02 Å². The maximum atomic E-state index is 13.1. The van der Waals surface area contributed by atoms with Crippen LogP contribution in [0.1, 0.15) is 5.69 Å². The molecule has 0 saturated carbocycles. The smallest absolute Gasteiger partial charge is 0.143 e. The van der Waals surface area contributed by atoms with Crippen molar-refractivity contribution in [2.45, 2.75) is 6.92 Å². The predicted molar refractivity (Wildman–Crippen MR) is 53.3 cm³/mol. The van der Waals surface area contributed by atoms with Crippen LogP contribution in [0, 0.1) is 12.7 Å². The summed E-state index contributed by atoms with van der Waals surface area (Å²) >= 11 is 5.57. The van der Waals surface area contributed by atoms with Gasteiger partial charge in [-0.15, -0.1) is 0 Å². The standard InChI is InChI=1S/C10H8ClFN2/c1-7-4-5-14(13-7)8-2-3-9(11)10(12)6-8/h2-6H,1H3. The highest BCUT2D eigenvalue weighted by Gasteiger charge is 2.03. The van der Waals surface area contributed by atoms with Crippen LogP contribution in [0.5, 0.6) is 0 Å². The second-order valence-electron chi connectivity index (χ2n) is 3.00. The third-order valence-electron chi connectivity index (χ3n) is 1.89. The molecule has 1 aromatic heterocycles. The number of benzene rings is 1. The second kappa shape index (κ2) is 3.42. The predicted octanol–water partition coefficient (Wildman–Crippen LogP) is 2.97. The summed E-state index contributed by atoms with van der Waals surface area (Å²) in [4.78, 5) is 0. The molecular formula is C10H8ClFN2. The van der Waals surface area contributed by atoms with Gasteiger partial charge < -0.3 is 0 Å². The van der Waals surface area contributed by atoms with Crippen LogP contribution >= 0.6 is 11.6 Å². The summed E-state index contributed by atoms with van der Waals surface area (Å²) in [5.41, 5.74) is 1.56. The molecule has 1 heterocycles. The fourth-order valence-electron chi connectivity index (χ4n) is 1.19. The van der Waals surface area contributed by atoms with E-state index in [1.807, 2.05) is 13.0 Å². The van der Waals surface area contributed by atoms with Crippen LogP contribution in [0.4, 0.5) is 4.39 Å². The summed E-state index contributed by atoms with van der Waals surface area (Å²) in [7, 11) is 0. The van der Waals surface area contributed by atoms with Crippen molar-refractivity contribution in [1.29, 1.82) is 0 Å². The van der Waals surface area contributed by atoms with Gasteiger partial charge in [-0.25, -0.2) is 9.07 Å². The summed E-state index contributed by atoms with van der Waals surface area (Å²) in [5.74, 6) is -0.433. The normalized spacial score (nSPS) is 10.5. The lowest BCUT2D eigenvalue weighted by Gasteiger charge is -2.01. The van der Waals surface area contributed by atoms with Crippen molar-refractivity contribution in [1.82, 2.24) is 9.78 Å². The van der Waals surface area contributed by atoms with Crippen molar-refractivity contribution in [3.63, 3.8) is 0 Å². The Morgan fingerprint density at radius 1 is 1.36 bits per heavy atom. The van der Waals surface area contributed by atoms with Gasteiger partial charge in [-0.2, -0.15) is 5.10 Å². The lowest BCUT2D eigenvalue weighted by molar-refractivity contribution is 0.625. The molecule has 0 amide bonds. The minimum Gasteiger partial charge on any atom is -0.241 e. The molecule has 0 radical (unpaired) electrons. The zero-order valence-electron chi connectivity index (χ0n) is 7.54. The quantitative estimate of drug-likeness (QED) is 0.708. The van der Waals surface area contributed by atoms with E-state index in [4.69, 9.17) is 11.6 Å². The SMILES string of the molecule is Cc1ccn(-c2ccc(Cl)c(F)c2)n1. The maximum Gasteiger partial charge on any atom is 0.143 e.